The molecule has 2 fully saturated rings. The van der Waals surface area contributed by atoms with Crippen molar-refractivity contribution in [2.24, 2.45) is 0 Å². The summed E-state index contributed by atoms with van der Waals surface area (Å²) >= 11 is 11.9. The molecule has 6 heteroatoms. The second-order valence-corrected chi connectivity index (χ2v) is 6.35. The van der Waals surface area contributed by atoms with Gasteiger partial charge in [0.25, 0.3) is 5.91 Å². The fourth-order valence-corrected chi connectivity index (χ4v) is 3.25. The molecule has 0 aromatic heterocycles. The normalized spacial score (nSPS) is 29.1. The summed E-state index contributed by atoms with van der Waals surface area (Å²) in [4.78, 5) is 14.5. The van der Waals surface area contributed by atoms with Crippen molar-refractivity contribution in [3.8, 4) is 0 Å². The van der Waals surface area contributed by atoms with Gasteiger partial charge in [0.1, 0.15) is 5.60 Å². The molecule has 1 aromatic carbocycles. The molecule has 0 N–H and O–H groups in total. The summed E-state index contributed by atoms with van der Waals surface area (Å²) in [5.41, 5.74) is 0.178. The quantitative estimate of drug-likeness (QED) is 0.795. The molecule has 0 bridgehead atoms. The second kappa shape index (κ2) is 5.76. The molecule has 0 unspecified atom stereocenters. The summed E-state index contributed by atoms with van der Waals surface area (Å²) in [7, 11) is 0. The first kappa shape index (κ1) is 15.1. The Morgan fingerprint density at radius 3 is 2.81 bits per heavy atom. The number of hydrogen-bond acceptors (Lipinski definition) is 3. The summed E-state index contributed by atoms with van der Waals surface area (Å²) in [6.07, 6.45) is 0.821. The zero-order valence-electron chi connectivity index (χ0n) is 11.8. The van der Waals surface area contributed by atoms with Crippen LogP contribution in [0.5, 0.6) is 0 Å². The molecular weight excluding hydrogens is 313 g/mol. The van der Waals surface area contributed by atoms with Crippen LogP contribution in [0.1, 0.15) is 23.7 Å². The van der Waals surface area contributed by atoms with E-state index in [1.54, 1.807) is 18.2 Å². The predicted octanol–water partition coefficient (Wildman–Crippen LogP) is 3.01. The van der Waals surface area contributed by atoms with E-state index >= 15 is 0 Å². The molecule has 1 spiro atoms. The van der Waals surface area contributed by atoms with Gasteiger partial charge < -0.3 is 14.4 Å². The van der Waals surface area contributed by atoms with Gasteiger partial charge in [0.05, 0.1) is 29.3 Å². The number of halogens is 2. The predicted molar refractivity (Wildman–Crippen MR) is 81.1 cm³/mol. The molecule has 4 nitrogen and oxygen atoms in total. The minimum absolute atomic E-state index is 0.00176. The summed E-state index contributed by atoms with van der Waals surface area (Å²) in [5, 5.41) is 0.840. The number of carbonyl (C=O) groups is 1. The monoisotopic (exact) mass is 329 g/mol. The van der Waals surface area contributed by atoms with Crippen LogP contribution in [0.25, 0.3) is 0 Å². The molecule has 2 atom stereocenters. The molecule has 2 aliphatic rings. The minimum Gasteiger partial charge on any atom is -0.375 e. The first-order chi connectivity index (χ1) is 10.0. The highest BCUT2D eigenvalue weighted by atomic mass is 35.5. The molecule has 2 aliphatic heterocycles. The summed E-state index contributed by atoms with van der Waals surface area (Å²) in [6.45, 7) is 4.33. The van der Waals surface area contributed by atoms with Crippen LogP contribution in [0.3, 0.4) is 0 Å². The van der Waals surface area contributed by atoms with E-state index < -0.39 is 0 Å². The van der Waals surface area contributed by atoms with Crippen LogP contribution < -0.4 is 0 Å². The molecule has 114 valence electrons. The smallest absolute Gasteiger partial charge is 0.254 e. The van der Waals surface area contributed by atoms with Gasteiger partial charge in [-0.05, 0) is 25.1 Å². The standard InChI is InChI=1S/C15H17Cl2NO3/c1-10-15(4-6-20-10)9-18(5-7-21-15)14(19)11-2-3-12(16)13(17)8-11/h2-3,8,10H,4-7,9H2,1H3/t10-,15-/m1/s1. The molecule has 2 heterocycles. The maximum absolute atomic E-state index is 12.6. The lowest BCUT2D eigenvalue weighted by atomic mass is 9.94. The Balaban J connectivity index is 1.79. The Morgan fingerprint density at radius 1 is 1.33 bits per heavy atom. The Labute approximate surface area is 133 Å². The van der Waals surface area contributed by atoms with Crippen molar-refractivity contribution in [2.75, 3.05) is 26.3 Å². The molecule has 1 aromatic rings. The van der Waals surface area contributed by atoms with Gasteiger partial charge in [-0.15, -0.1) is 0 Å². The highest BCUT2D eigenvalue weighted by Gasteiger charge is 2.47. The third-order valence-electron chi connectivity index (χ3n) is 4.30. The van der Waals surface area contributed by atoms with Crippen LogP contribution in [-0.4, -0.2) is 48.8 Å². The SMILES string of the molecule is C[C@H]1OCC[C@@]12CN(C(=O)c1ccc(Cl)c(Cl)c1)CCO2. The molecular formula is C15H17Cl2NO3. The maximum atomic E-state index is 12.6. The van der Waals surface area contributed by atoms with Crippen molar-refractivity contribution >= 4 is 29.1 Å². The van der Waals surface area contributed by atoms with E-state index in [1.165, 1.54) is 0 Å². The number of ether oxygens (including phenoxy) is 2. The van der Waals surface area contributed by atoms with Crippen molar-refractivity contribution in [2.45, 2.75) is 25.0 Å². The van der Waals surface area contributed by atoms with Gasteiger partial charge in [-0.25, -0.2) is 0 Å². The summed E-state index contributed by atoms with van der Waals surface area (Å²) < 4.78 is 11.5. The van der Waals surface area contributed by atoms with Crippen molar-refractivity contribution in [3.63, 3.8) is 0 Å². The number of benzene rings is 1. The van der Waals surface area contributed by atoms with E-state index in [1.807, 2.05) is 11.8 Å². The average Bonchev–Trinajstić information content (AvgIpc) is 2.82. The van der Waals surface area contributed by atoms with Crippen molar-refractivity contribution in [1.29, 1.82) is 0 Å². The highest BCUT2D eigenvalue weighted by Crippen LogP contribution is 2.33. The van der Waals surface area contributed by atoms with E-state index in [2.05, 4.69) is 0 Å². The van der Waals surface area contributed by atoms with Crippen molar-refractivity contribution in [3.05, 3.63) is 33.8 Å². The fraction of sp³-hybridized carbons (Fsp3) is 0.533. The second-order valence-electron chi connectivity index (χ2n) is 5.53. The Hall–Kier alpha value is -0.810. The Bertz CT molecular complexity index is 566. The van der Waals surface area contributed by atoms with Crippen LogP contribution in [0.15, 0.2) is 18.2 Å². The zero-order valence-corrected chi connectivity index (χ0v) is 13.3. The Kier molecular flexibility index (Phi) is 4.14. The van der Waals surface area contributed by atoms with Gasteiger partial charge in [0, 0.05) is 25.1 Å². The molecule has 1 amide bonds. The van der Waals surface area contributed by atoms with Gasteiger partial charge in [-0.3, -0.25) is 4.79 Å². The lowest BCUT2D eigenvalue weighted by molar-refractivity contribution is -0.126. The van der Waals surface area contributed by atoms with Crippen molar-refractivity contribution in [1.82, 2.24) is 4.90 Å². The molecule has 0 aliphatic carbocycles. The molecule has 21 heavy (non-hydrogen) atoms. The maximum Gasteiger partial charge on any atom is 0.254 e. The number of nitrogens with zero attached hydrogens (tertiary/aromatic N) is 1. The number of rotatable bonds is 1. The number of hydrogen-bond donors (Lipinski definition) is 0. The minimum atomic E-state index is -0.371. The Morgan fingerprint density at radius 2 is 2.14 bits per heavy atom. The topological polar surface area (TPSA) is 38.8 Å². The van der Waals surface area contributed by atoms with Crippen molar-refractivity contribution < 1.29 is 14.3 Å². The van der Waals surface area contributed by atoms with Gasteiger partial charge >= 0.3 is 0 Å². The van der Waals surface area contributed by atoms with Crippen LogP contribution in [-0.2, 0) is 9.47 Å². The van der Waals surface area contributed by atoms with Crippen LogP contribution in [0.2, 0.25) is 10.0 Å². The number of carbonyl (C=O) groups excluding carboxylic acids is 1. The fourth-order valence-electron chi connectivity index (χ4n) is 2.95. The number of morpholine rings is 1. The highest BCUT2D eigenvalue weighted by molar-refractivity contribution is 6.42. The van der Waals surface area contributed by atoms with Gasteiger partial charge in [-0.1, -0.05) is 23.2 Å². The van der Waals surface area contributed by atoms with Crippen LogP contribution >= 0.6 is 23.2 Å². The van der Waals surface area contributed by atoms with Crippen LogP contribution in [0, 0.1) is 0 Å². The van der Waals surface area contributed by atoms with E-state index in [9.17, 15) is 4.79 Å². The van der Waals surface area contributed by atoms with Gasteiger partial charge in [0.2, 0.25) is 0 Å². The largest absolute Gasteiger partial charge is 0.375 e. The zero-order chi connectivity index (χ0) is 15.0. The lowest BCUT2D eigenvalue weighted by Gasteiger charge is -2.42. The summed E-state index contributed by atoms with van der Waals surface area (Å²) in [6, 6.07) is 4.96. The third kappa shape index (κ3) is 2.78. The molecule has 0 saturated carbocycles. The lowest BCUT2D eigenvalue weighted by Crippen LogP contribution is -2.56. The van der Waals surface area contributed by atoms with E-state index in [0.29, 0.717) is 41.9 Å². The molecule has 0 radical (unpaired) electrons. The average molecular weight is 330 g/mol. The van der Waals surface area contributed by atoms with E-state index in [4.69, 9.17) is 32.7 Å². The van der Waals surface area contributed by atoms with Gasteiger partial charge in [0.15, 0.2) is 0 Å². The van der Waals surface area contributed by atoms with E-state index in [-0.39, 0.29) is 17.6 Å². The van der Waals surface area contributed by atoms with E-state index in [0.717, 1.165) is 6.42 Å². The molecule has 3 rings (SSSR count). The third-order valence-corrected chi connectivity index (χ3v) is 5.04. The van der Waals surface area contributed by atoms with Crippen LogP contribution in [0.4, 0.5) is 0 Å². The number of amides is 1. The first-order valence-corrected chi connectivity index (χ1v) is 7.77. The summed E-state index contributed by atoms with van der Waals surface area (Å²) in [5.74, 6) is -0.0460. The van der Waals surface area contributed by atoms with Gasteiger partial charge in [-0.2, -0.15) is 0 Å². The molecule has 2 saturated heterocycles. The first-order valence-electron chi connectivity index (χ1n) is 7.02.